The number of hydrogen-bond donors (Lipinski definition) is 1. The van der Waals surface area contributed by atoms with Crippen LogP contribution in [0.3, 0.4) is 0 Å². The van der Waals surface area contributed by atoms with Gasteiger partial charge in [0.25, 0.3) is 11.6 Å². The van der Waals surface area contributed by atoms with Crippen LogP contribution in [0.2, 0.25) is 0 Å². The second kappa shape index (κ2) is 8.10. The molecule has 7 heteroatoms. The van der Waals surface area contributed by atoms with Crippen molar-refractivity contribution in [2.75, 3.05) is 0 Å². The predicted octanol–water partition coefficient (Wildman–Crippen LogP) is 4.38. The molecule has 0 radical (unpaired) electrons. The number of carbonyl (C=O) groups is 1. The van der Waals surface area contributed by atoms with Crippen molar-refractivity contribution in [2.45, 2.75) is 27.7 Å². The molecule has 3 rings (SSSR count). The maximum absolute atomic E-state index is 12.2. The third-order valence-corrected chi connectivity index (χ3v) is 4.84. The molecule has 0 aliphatic rings. The second-order valence-corrected chi connectivity index (χ2v) is 6.91. The van der Waals surface area contributed by atoms with Crippen LogP contribution in [0.25, 0.3) is 5.69 Å². The first-order chi connectivity index (χ1) is 13.8. The fraction of sp³-hybridized carbons (Fsp3) is 0.182. The SMILES string of the molecule is Cc1cccc(C)c1-n1c(C)cc(C=NNC(=O)c2ccc([N+](=O)[O-])cc2)c1C. The van der Waals surface area contributed by atoms with Gasteiger partial charge < -0.3 is 4.57 Å². The smallest absolute Gasteiger partial charge is 0.271 e. The van der Waals surface area contributed by atoms with Crippen molar-refractivity contribution in [3.8, 4) is 5.69 Å². The van der Waals surface area contributed by atoms with E-state index in [1.54, 1.807) is 6.21 Å². The highest BCUT2D eigenvalue weighted by Gasteiger charge is 2.13. The molecule has 3 aromatic rings. The molecule has 0 fully saturated rings. The van der Waals surface area contributed by atoms with Gasteiger partial charge >= 0.3 is 0 Å². The van der Waals surface area contributed by atoms with Crippen molar-refractivity contribution in [1.82, 2.24) is 9.99 Å². The molecule has 29 heavy (non-hydrogen) atoms. The minimum absolute atomic E-state index is 0.0658. The fourth-order valence-corrected chi connectivity index (χ4v) is 3.38. The van der Waals surface area contributed by atoms with Crippen LogP contribution in [0.15, 0.2) is 53.6 Å². The first-order valence-electron chi connectivity index (χ1n) is 9.13. The first kappa shape index (κ1) is 20.0. The lowest BCUT2D eigenvalue weighted by molar-refractivity contribution is -0.384. The molecule has 0 saturated heterocycles. The Kier molecular flexibility index (Phi) is 5.59. The summed E-state index contributed by atoms with van der Waals surface area (Å²) in [6.07, 6.45) is 1.61. The number of para-hydroxylation sites is 1. The molecule has 0 unspecified atom stereocenters. The van der Waals surface area contributed by atoms with Crippen molar-refractivity contribution in [2.24, 2.45) is 5.10 Å². The number of nitrogens with zero attached hydrogens (tertiary/aromatic N) is 3. The molecule has 0 aliphatic heterocycles. The van der Waals surface area contributed by atoms with E-state index in [0.29, 0.717) is 5.56 Å². The molecule has 2 aromatic carbocycles. The zero-order valence-corrected chi connectivity index (χ0v) is 16.8. The van der Waals surface area contributed by atoms with Crippen LogP contribution in [-0.2, 0) is 0 Å². The topological polar surface area (TPSA) is 89.5 Å². The Hall–Kier alpha value is -3.74. The van der Waals surface area contributed by atoms with E-state index in [-0.39, 0.29) is 5.69 Å². The highest BCUT2D eigenvalue weighted by atomic mass is 16.6. The number of hydrogen-bond acceptors (Lipinski definition) is 4. The minimum atomic E-state index is -0.508. The lowest BCUT2D eigenvalue weighted by Gasteiger charge is -2.15. The molecule has 1 aromatic heterocycles. The van der Waals surface area contributed by atoms with Crippen LogP contribution in [-0.4, -0.2) is 21.6 Å². The van der Waals surface area contributed by atoms with E-state index in [4.69, 9.17) is 0 Å². The number of hydrazone groups is 1. The molecule has 1 amide bonds. The minimum Gasteiger partial charge on any atom is -0.317 e. The summed E-state index contributed by atoms with van der Waals surface area (Å²) in [5.41, 5.74) is 9.21. The van der Waals surface area contributed by atoms with Gasteiger partial charge in [0.15, 0.2) is 0 Å². The Morgan fingerprint density at radius 2 is 1.69 bits per heavy atom. The van der Waals surface area contributed by atoms with E-state index >= 15 is 0 Å². The molecule has 0 spiro atoms. The van der Waals surface area contributed by atoms with E-state index in [9.17, 15) is 14.9 Å². The van der Waals surface area contributed by atoms with Crippen molar-refractivity contribution in [3.05, 3.63) is 92.3 Å². The van der Waals surface area contributed by atoms with Gasteiger partial charge in [-0.15, -0.1) is 0 Å². The average molecular weight is 390 g/mol. The summed E-state index contributed by atoms with van der Waals surface area (Å²) >= 11 is 0. The largest absolute Gasteiger partial charge is 0.317 e. The van der Waals surface area contributed by atoms with Crippen LogP contribution < -0.4 is 5.43 Å². The number of rotatable bonds is 5. The second-order valence-electron chi connectivity index (χ2n) is 6.91. The normalized spacial score (nSPS) is 11.0. The molecule has 0 bridgehead atoms. The molecule has 7 nitrogen and oxygen atoms in total. The van der Waals surface area contributed by atoms with Gasteiger partial charge in [-0.2, -0.15) is 5.10 Å². The molecule has 1 heterocycles. The number of nitro groups is 1. The van der Waals surface area contributed by atoms with Crippen molar-refractivity contribution < 1.29 is 9.72 Å². The van der Waals surface area contributed by atoms with E-state index < -0.39 is 10.8 Å². The van der Waals surface area contributed by atoms with Gasteiger partial charge in [0.2, 0.25) is 0 Å². The standard InChI is InChI=1S/C22H22N4O3/c1-14-6-5-7-15(2)21(14)25-16(3)12-19(17(25)4)13-23-24-22(27)18-8-10-20(11-9-18)26(28)29/h5-13H,1-4H3,(H,24,27). The Bertz CT molecular complexity index is 1090. The zero-order chi connectivity index (χ0) is 21.1. The third kappa shape index (κ3) is 4.08. The molecular weight excluding hydrogens is 368 g/mol. The van der Waals surface area contributed by atoms with Crippen LogP contribution >= 0.6 is 0 Å². The third-order valence-electron chi connectivity index (χ3n) is 4.84. The van der Waals surface area contributed by atoms with E-state index in [1.807, 2.05) is 26.0 Å². The highest BCUT2D eigenvalue weighted by molar-refractivity contribution is 5.95. The van der Waals surface area contributed by atoms with Crippen LogP contribution in [0.1, 0.15) is 38.4 Å². The van der Waals surface area contributed by atoms with Gasteiger partial charge in [-0.1, -0.05) is 18.2 Å². The number of aryl methyl sites for hydroxylation is 3. The van der Waals surface area contributed by atoms with E-state index in [0.717, 1.165) is 22.6 Å². The number of amides is 1. The number of aromatic nitrogens is 1. The Morgan fingerprint density at radius 3 is 2.28 bits per heavy atom. The molecule has 0 atom stereocenters. The maximum atomic E-state index is 12.2. The molecule has 148 valence electrons. The predicted molar refractivity (Wildman–Crippen MR) is 113 cm³/mol. The molecule has 1 N–H and O–H groups in total. The van der Waals surface area contributed by atoms with Crippen molar-refractivity contribution >= 4 is 17.8 Å². The summed E-state index contributed by atoms with van der Waals surface area (Å²) in [5.74, 6) is -0.431. The summed E-state index contributed by atoms with van der Waals surface area (Å²) in [7, 11) is 0. The van der Waals surface area contributed by atoms with Crippen LogP contribution in [0.5, 0.6) is 0 Å². The lowest BCUT2D eigenvalue weighted by atomic mass is 10.1. The highest BCUT2D eigenvalue weighted by Crippen LogP contribution is 2.25. The fourth-order valence-electron chi connectivity index (χ4n) is 3.38. The molecule has 0 saturated carbocycles. The number of carbonyl (C=O) groups excluding carboxylic acids is 1. The molecule has 0 aliphatic carbocycles. The summed E-state index contributed by atoms with van der Waals surface area (Å²) in [4.78, 5) is 22.4. The van der Waals surface area contributed by atoms with Gasteiger partial charge in [-0.3, -0.25) is 14.9 Å². The summed E-state index contributed by atoms with van der Waals surface area (Å²) in [6, 6.07) is 13.6. The summed E-state index contributed by atoms with van der Waals surface area (Å²) in [5, 5.41) is 14.8. The number of nitro benzene ring substituents is 1. The van der Waals surface area contributed by atoms with Crippen molar-refractivity contribution in [1.29, 1.82) is 0 Å². The summed E-state index contributed by atoms with van der Waals surface area (Å²) in [6.45, 7) is 8.21. The van der Waals surface area contributed by atoms with Gasteiger partial charge in [0.1, 0.15) is 0 Å². The van der Waals surface area contributed by atoms with Crippen molar-refractivity contribution in [3.63, 3.8) is 0 Å². The Labute approximate surface area is 168 Å². The van der Waals surface area contributed by atoms with Crippen LogP contribution in [0.4, 0.5) is 5.69 Å². The zero-order valence-electron chi connectivity index (χ0n) is 16.8. The number of benzene rings is 2. The number of non-ortho nitro benzene ring substituents is 1. The first-order valence-corrected chi connectivity index (χ1v) is 9.13. The number of nitrogens with one attached hydrogen (secondary N) is 1. The summed E-state index contributed by atoms with van der Waals surface area (Å²) < 4.78 is 2.18. The van der Waals surface area contributed by atoms with E-state index in [2.05, 4.69) is 41.1 Å². The van der Waals surface area contributed by atoms with Gasteiger partial charge in [0.05, 0.1) is 16.8 Å². The Morgan fingerprint density at radius 1 is 1.07 bits per heavy atom. The van der Waals surface area contributed by atoms with Gasteiger partial charge in [0, 0.05) is 34.6 Å². The maximum Gasteiger partial charge on any atom is 0.271 e. The monoisotopic (exact) mass is 390 g/mol. The lowest BCUT2D eigenvalue weighted by Crippen LogP contribution is -2.17. The van der Waals surface area contributed by atoms with Crippen LogP contribution in [0, 0.1) is 37.8 Å². The van der Waals surface area contributed by atoms with Gasteiger partial charge in [-0.05, 0) is 57.0 Å². The quantitative estimate of drug-likeness (QED) is 0.398. The van der Waals surface area contributed by atoms with E-state index in [1.165, 1.54) is 35.4 Å². The average Bonchev–Trinajstić information content (AvgIpc) is 2.96. The Balaban J connectivity index is 1.80. The van der Waals surface area contributed by atoms with Gasteiger partial charge in [-0.25, -0.2) is 5.43 Å². The molecular formula is C22H22N4O3.